The third-order valence-corrected chi connectivity index (χ3v) is 6.09. The lowest BCUT2D eigenvalue weighted by atomic mass is 10.00. The predicted molar refractivity (Wildman–Crippen MR) is 121 cm³/mol. The molecule has 1 spiro atoms. The van der Waals surface area contributed by atoms with Gasteiger partial charge in [0.15, 0.2) is 0 Å². The molecule has 2 aliphatic heterocycles. The number of anilines is 1. The van der Waals surface area contributed by atoms with Crippen molar-refractivity contribution in [3.05, 3.63) is 78.0 Å². The minimum atomic E-state index is -0.692. The second kappa shape index (κ2) is 8.83. The number of aryl methyl sites for hydroxylation is 1. The fourth-order valence-electron chi connectivity index (χ4n) is 4.27. The summed E-state index contributed by atoms with van der Waals surface area (Å²) >= 11 is 0. The summed E-state index contributed by atoms with van der Waals surface area (Å²) in [5, 5.41) is 0. The standard InChI is InChI=1S/C25H23FN4O4/c1-17-4-9-20(13-28-17)34-23-21(3-2-11-27-23)24(32)29-12-10-25(15-29)16-30(22(31)14-33-25)19-7-5-18(26)6-8-19/h2-9,11,13H,10,12,14-16H2,1H3/t25-/m0/s1. The van der Waals surface area contributed by atoms with Gasteiger partial charge in [-0.3, -0.25) is 14.6 Å². The van der Waals surface area contributed by atoms with E-state index in [9.17, 15) is 14.0 Å². The van der Waals surface area contributed by atoms with Crippen LogP contribution in [0.1, 0.15) is 22.5 Å². The maximum absolute atomic E-state index is 13.4. The molecule has 0 N–H and O–H groups in total. The molecule has 34 heavy (non-hydrogen) atoms. The molecule has 9 heteroatoms. The van der Waals surface area contributed by atoms with Gasteiger partial charge in [-0.15, -0.1) is 0 Å². The summed E-state index contributed by atoms with van der Waals surface area (Å²) in [7, 11) is 0. The lowest BCUT2D eigenvalue weighted by Crippen LogP contribution is -2.56. The van der Waals surface area contributed by atoms with Gasteiger partial charge >= 0.3 is 0 Å². The Morgan fingerprint density at radius 3 is 2.71 bits per heavy atom. The Morgan fingerprint density at radius 1 is 1.12 bits per heavy atom. The van der Waals surface area contributed by atoms with Crippen LogP contribution in [-0.2, 0) is 9.53 Å². The van der Waals surface area contributed by atoms with Gasteiger partial charge in [-0.1, -0.05) is 0 Å². The first-order valence-corrected chi connectivity index (χ1v) is 11.0. The maximum Gasteiger partial charge on any atom is 0.259 e. The van der Waals surface area contributed by atoms with Crippen LogP contribution >= 0.6 is 0 Å². The molecule has 0 saturated carbocycles. The van der Waals surface area contributed by atoms with Crippen LogP contribution in [0, 0.1) is 12.7 Å². The number of hydrogen-bond donors (Lipinski definition) is 0. The summed E-state index contributed by atoms with van der Waals surface area (Å²) < 4.78 is 25.1. The molecule has 2 fully saturated rings. The van der Waals surface area contributed by atoms with Crippen molar-refractivity contribution in [3.8, 4) is 11.6 Å². The molecule has 2 saturated heterocycles. The van der Waals surface area contributed by atoms with E-state index >= 15 is 0 Å². The zero-order chi connectivity index (χ0) is 23.7. The van der Waals surface area contributed by atoms with E-state index in [1.165, 1.54) is 12.1 Å². The SMILES string of the molecule is Cc1ccc(Oc2ncccc2C(=O)N2CC[C@]3(C2)CN(c2ccc(F)cc2)C(=O)CO3)cn1. The Hall–Kier alpha value is -3.85. The van der Waals surface area contributed by atoms with Crippen LogP contribution in [0.3, 0.4) is 0 Å². The largest absolute Gasteiger partial charge is 0.437 e. The van der Waals surface area contributed by atoms with E-state index in [0.29, 0.717) is 36.5 Å². The number of carbonyl (C=O) groups excluding carboxylic acids is 2. The highest BCUT2D eigenvalue weighted by atomic mass is 19.1. The number of amides is 2. The average molecular weight is 462 g/mol. The molecule has 8 nitrogen and oxygen atoms in total. The molecule has 3 aromatic rings. The highest BCUT2D eigenvalue weighted by Crippen LogP contribution is 2.34. The second-order valence-electron chi connectivity index (χ2n) is 8.50. The second-order valence-corrected chi connectivity index (χ2v) is 8.50. The van der Waals surface area contributed by atoms with Crippen molar-refractivity contribution < 1.29 is 23.5 Å². The predicted octanol–water partition coefficient (Wildman–Crippen LogP) is 3.36. The number of hydrogen-bond acceptors (Lipinski definition) is 6. The third-order valence-electron chi connectivity index (χ3n) is 6.09. The number of morpholine rings is 1. The topological polar surface area (TPSA) is 84.9 Å². The summed E-state index contributed by atoms with van der Waals surface area (Å²) in [5.74, 6) is -0.106. The first-order chi connectivity index (χ1) is 16.4. The summed E-state index contributed by atoms with van der Waals surface area (Å²) in [5.41, 5.74) is 1.10. The molecule has 1 atom stereocenters. The number of aromatic nitrogens is 2. The first-order valence-electron chi connectivity index (χ1n) is 11.0. The van der Waals surface area contributed by atoms with Crippen molar-refractivity contribution >= 4 is 17.5 Å². The van der Waals surface area contributed by atoms with Crippen LogP contribution in [0.5, 0.6) is 11.6 Å². The van der Waals surface area contributed by atoms with E-state index in [1.54, 1.807) is 52.5 Å². The summed E-state index contributed by atoms with van der Waals surface area (Å²) in [6.45, 7) is 2.84. The fraction of sp³-hybridized carbons (Fsp3) is 0.280. The monoisotopic (exact) mass is 462 g/mol. The van der Waals surface area contributed by atoms with Crippen LogP contribution in [0.15, 0.2) is 60.9 Å². The Kier molecular flexibility index (Phi) is 5.70. The van der Waals surface area contributed by atoms with Gasteiger partial charge in [0, 0.05) is 24.1 Å². The number of pyridine rings is 2. The number of rotatable bonds is 4. The molecule has 0 unspecified atom stereocenters. The Bertz CT molecular complexity index is 1220. The van der Waals surface area contributed by atoms with E-state index in [-0.39, 0.29) is 36.7 Å². The third kappa shape index (κ3) is 4.34. The van der Waals surface area contributed by atoms with Gasteiger partial charge in [0.05, 0.1) is 19.3 Å². The summed E-state index contributed by atoms with van der Waals surface area (Å²) in [4.78, 5) is 37.6. The molecule has 0 radical (unpaired) electrons. The molecule has 4 heterocycles. The van der Waals surface area contributed by atoms with Crippen LogP contribution in [0.4, 0.5) is 10.1 Å². The smallest absolute Gasteiger partial charge is 0.259 e. The molecule has 2 amide bonds. The van der Waals surface area contributed by atoms with Crippen molar-refractivity contribution in [1.82, 2.24) is 14.9 Å². The van der Waals surface area contributed by atoms with Gasteiger partial charge in [0.1, 0.15) is 29.3 Å². The molecule has 2 aromatic heterocycles. The number of benzene rings is 1. The number of carbonyl (C=O) groups is 2. The molecule has 174 valence electrons. The molecule has 5 rings (SSSR count). The van der Waals surface area contributed by atoms with Crippen molar-refractivity contribution in [3.63, 3.8) is 0 Å². The number of likely N-dealkylation sites (tertiary alicyclic amines) is 1. The van der Waals surface area contributed by atoms with Gasteiger partial charge < -0.3 is 19.3 Å². The van der Waals surface area contributed by atoms with E-state index in [1.807, 2.05) is 13.0 Å². The Balaban J connectivity index is 1.33. The lowest BCUT2D eigenvalue weighted by Gasteiger charge is -2.40. The molecular formula is C25H23FN4O4. The average Bonchev–Trinajstić information content (AvgIpc) is 3.26. The van der Waals surface area contributed by atoms with Crippen LogP contribution in [0.2, 0.25) is 0 Å². The maximum atomic E-state index is 13.4. The number of ether oxygens (including phenoxy) is 2. The molecular weight excluding hydrogens is 439 g/mol. The number of halogens is 1. The van der Waals surface area contributed by atoms with Crippen molar-refractivity contribution in [2.24, 2.45) is 0 Å². The highest BCUT2D eigenvalue weighted by Gasteiger charge is 2.47. The van der Waals surface area contributed by atoms with Crippen molar-refractivity contribution in [2.75, 3.05) is 31.1 Å². The molecule has 2 aliphatic rings. The van der Waals surface area contributed by atoms with E-state index in [4.69, 9.17) is 9.47 Å². The van der Waals surface area contributed by atoms with Gasteiger partial charge in [0.25, 0.3) is 11.8 Å². The van der Waals surface area contributed by atoms with Gasteiger partial charge in [-0.05, 0) is 61.9 Å². The van der Waals surface area contributed by atoms with E-state index in [2.05, 4.69) is 9.97 Å². The Labute approximate surface area is 195 Å². The molecule has 1 aromatic carbocycles. The zero-order valence-corrected chi connectivity index (χ0v) is 18.6. The van der Waals surface area contributed by atoms with E-state index < -0.39 is 5.60 Å². The lowest BCUT2D eigenvalue weighted by molar-refractivity contribution is -0.137. The number of nitrogens with zero attached hydrogens (tertiary/aromatic N) is 4. The first kappa shape index (κ1) is 22.0. The normalized spacial score (nSPS) is 20.1. The quantitative estimate of drug-likeness (QED) is 0.591. The fourth-order valence-corrected chi connectivity index (χ4v) is 4.27. The van der Waals surface area contributed by atoms with Gasteiger partial charge in [-0.25, -0.2) is 9.37 Å². The van der Waals surface area contributed by atoms with Gasteiger partial charge in [-0.2, -0.15) is 0 Å². The van der Waals surface area contributed by atoms with Gasteiger partial charge in [0.2, 0.25) is 5.88 Å². The van der Waals surface area contributed by atoms with Crippen LogP contribution < -0.4 is 9.64 Å². The van der Waals surface area contributed by atoms with Crippen LogP contribution in [0.25, 0.3) is 0 Å². The summed E-state index contributed by atoms with van der Waals surface area (Å²) in [6, 6.07) is 12.7. The minimum absolute atomic E-state index is 0.0961. The van der Waals surface area contributed by atoms with Crippen molar-refractivity contribution in [1.29, 1.82) is 0 Å². The zero-order valence-electron chi connectivity index (χ0n) is 18.6. The minimum Gasteiger partial charge on any atom is -0.437 e. The Morgan fingerprint density at radius 2 is 1.94 bits per heavy atom. The van der Waals surface area contributed by atoms with Crippen LogP contribution in [-0.4, -0.2) is 58.5 Å². The summed E-state index contributed by atoms with van der Waals surface area (Å²) in [6.07, 6.45) is 3.72. The molecule has 0 bridgehead atoms. The van der Waals surface area contributed by atoms with Crippen molar-refractivity contribution in [2.45, 2.75) is 18.9 Å². The van der Waals surface area contributed by atoms with E-state index in [0.717, 1.165) is 5.69 Å². The molecule has 0 aliphatic carbocycles. The highest BCUT2D eigenvalue weighted by molar-refractivity contribution is 5.97.